The summed E-state index contributed by atoms with van der Waals surface area (Å²) in [6.07, 6.45) is 0. The molecule has 108 valence electrons. The van der Waals surface area contributed by atoms with Gasteiger partial charge in [0.05, 0.1) is 0 Å². The SMILES string of the molecule is c1ccc2cc3cc(-c4noc5ccccc45)ccc3cc2c1. The van der Waals surface area contributed by atoms with Crippen LogP contribution in [0.3, 0.4) is 0 Å². The predicted octanol–water partition coefficient (Wildman–Crippen LogP) is 5.80. The molecule has 0 saturated heterocycles. The summed E-state index contributed by atoms with van der Waals surface area (Å²) in [5, 5.41) is 10.3. The molecule has 1 heterocycles. The summed E-state index contributed by atoms with van der Waals surface area (Å²) < 4.78 is 5.44. The second kappa shape index (κ2) is 4.68. The Balaban J connectivity index is 1.77. The van der Waals surface area contributed by atoms with Crippen molar-refractivity contribution in [3.63, 3.8) is 0 Å². The minimum atomic E-state index is 0.820. The van der Waals surface area contributed by atoms with Gasteiger partial charge in [0.2, 0.25) is 0 Å². The van der Waals surface area contributed by atoms with E-state index in [0.29, 0.717) is 0 Å². The van der Waals surface area contributed by atoms with Crippen molar-refractivity contribution in [2.75, 3.05) is 0 Å². The van der Waals surface area contributed by atoms with Crippen molar-refractivity contribution in [2.45, 2.75) is 0 Å². The van der Waals surface area contributed by atoms with Gasteiger partial charge in [-0.1, -0.05) is 53.7 Å². The number of nitrogens with zero attached hydrogens (tertiary/aromatic N) is 1. The van der Waals surface area contributed by atoms with Crippen molar-refractivity contribution in [1.82, 2.24) is 5.16 Å². The highest BCUT2D eigenvalue weighted by Crippen LogP contribution is 2.31. The number of fused-ring (bicyclic) bond motifs is 3. The fourth-order valence-electron chi connectivity index (χ4n) is 3.18. The Morgan fingerprint density at radius 2 is 1.30 bits per heavy atom. The van der Waals surface area contributed by atoms with Gasteiger partial charge in [0.25, 0.3) is 0 Å². The third-order valence-electron chi connectivity index (χ3n) is 4.36. The van der Waals surface area contributed by atoms with Crippen LogP contribution in [0.5, 0.6) is 0 Å². The van der Waals surface area contributed by atoms with Crippen molar-refractivity contribution in [2.24, 2.45) is 0 Å². The molecule has 0 N–H and O–H groups in total. The summed E-state index contributed by atoms with van der Waals surface area (Å²) in [5.74, 6) is 0. The summed E-state index contributed by atoms with van der Waals surface area (Å²) in [5.41, 5.74) is 2.80. The van der Waals surface area contributed by atoms with E-state index < -0.39 is 0 Å². The van der Waals surface area contributed by atoms with Crippen molar-refractivity contribution >= 4 is 32.5 Å². The highest BCUT2D eigenvalue weighted by atomic mass is 16.5. The lowest BCUT2D eigenvalue weighted by Crippen LogP contribution is -1.81. The van der Waals surface area contributed by atoms with E-state index in [1.165, 1.54) is 21.5 Å². The van der Waals surface area contributed by atoms with Gasteiger partial charge in [0.1, 0.15) is 5.69 Å². The fourth-order valence-corrected chi connectivity index (χ4v) is 3.18. The van der Waals surface area contributed by atoms with E-state index in [9.17, 15) is 0 Å². The number of hydrogen-bond donors (Lipinski definition) is 0. The van der Waals surface area contributed by atoms with Crippen LogP contribution < -0.4 is 0 Å². The summed E-state index contributed by atoms with van der Waals surface area (Å²) in [4.78, 5) is 0. The quantitative estimate of drug-likeness (QED) is 0.365. The van der Waals surface area contributed by atoms with Gasteiger partial charge < -0.3 is 4.52 Å². The molecule has 0 amide bonds. The van der Waals surface area contributed by atoms with E-state index in [2.05, 4.69) is 59.8 Å². The van der Waals surface area contributed by atoms with E-state index in [1.54, 1.807) is 0 Å². The summed E-state index contributed by atoms with van der Waals surface area (Å²) >= 11 is 0. The Labute approximate surface area is 132 Å². The second-order valence-corrected chi connectivity index (χ2v) is 5.79. The van der Waals surface area contributed by atoms with E-state index in [1.807, 2.05) is 24.3 Å². The molecule has 0 bridgehead atoms. The van der Waals surface area contributed by atoms with Crippen LogP contribution >= 0.6 is 0 Å². The zero-order valence-corrected chi connectivity index (χ0v) is 12.4. The molecule has 5 aromatic rings. The van der Waals surface area contributed by atoms with Gasteiger partial charge in [-0.15, -0.1) is 0 Å². The molecule has 0 atom stereocenters. The van der Waals surface area contributed by atoms with Crippen LogP contribution in [-0.4, -0.2) is 5.16 Å². The monoisotopic (exact) mass is 295 g/mol. The summed E-state index contributed by atoms with van der Waals surface area (Å²) in [6.45, 7) is 0. The lowest BCUT2D eigenvalue weighted by molar-refractivity contribution is 0.459. The molecule has 0 saturated carbocycles. The predicted molar refractivity (Wildman–Crippen MR) is 94.5 cm³/mol. The van der Waals surface area contributed by atoms with Gasteiger partial charge in [0.15, 0.2) is 5.58 Å². The van der Waals surface area contributed by atoms with Gasteiger partial charge in [-0.2, -0.15) is 0 Å². The van der Waals surface area contributed by atoms with Crippen molar-refractivity contribution in [3.05, 3.63) is 78.9 Å². The maximum Gasteiger partial charge on any atom is 0.167 e. The molecular formula is C21H13NO. The smallest absolute Gasteiger partial charge is 0.167 e. The molecule has 0 aliphatic carbocycles. The highest BCUT2D eigenvalue weighted by molar-refractivity contribution is 6.01. The first-order chi connectivity index (χ1) is 11.4. The largest absolute Gasteiger partial charge is 0.356 e. The first kappa shape index (κ1) is 12.4. The minimum Gasteiger partial charge on any atom is -0.356 e. The molecule has 2 heteroatoms. The van der Waals surface area contributed by atoms with Crippen molar-refractivity contribution in [3.8, 4) is 11.3 Å². The van der Waals surface area contributed by atoms with Gasteiger partial charge in [-0.3, -0.25) is 0 Å². The van der Waals surface area contributed by atoms with E-state index >= 15 is 0 Å². The molecule has 0 aliphatic heterocycles. The van der Waals surface area contributed by atoms with Crippen molar-refractivity contribution < 1.29 is 4.52 Å². The zero-order chi connectivity index (χ0) is 15.2. The van der Waals surface area contributed by atoms with Crippen LogP contribution in [-0.2, 0) is 0 Å². The third kappa shape index (κ3) is 1.92. The second-order valence-electron chi connectivity index (χ2n) is 5.79. The highest BCUT2D eigenvalue weighted by Gasteiger charge is 2.10. The molecule has 5 rings (SSSR count). The normalized spacial score (nSPS) is 11.5. The zero-order valence-electron chi connectivity index (χ0n) is 12.4. The first-order valence-corrected chi connectivity index (χ1v) is 7.66. The average Bonchev–Trinajstić information content (AvgIpc) is 3.03. The van der Waals surface area contributed by atoms with E-state index in [4.69, 9.17) is 4.52 Å². The van der Waals surface area contributed by atoms with Crippen LogP contribution in [0.15, 0.2) is 83.4 Å². The first-order valence-electron chi connectivity index (χ1n) is 7.66. The maximum absolute atomic E-state index is 5.44. The van der Waals surface area contributed by atoms with Gasteiger partial charge in [-0.25, -0.2) is 0 Å². The average molecular weight is 295 g/mol. The molecule has 0 radical (unpaired) electrons. The van der Waals surface area contributed by atoms with Crippen LogP contribution in [0.1, 0.15) is 0 Å². The molecule has 0 fully saturated rings. The Bertz CT molecular complexity index is 1170. The molecule has 23 heavy (non-hydrogen) atoms. The summed E-state index contributed by atoms with van der Waals surface area (Å²) in [6, 6.07) is 27.3. The Kier molecular flexibility index (Phi) is 2.53. The number of aromatic nitrogens is 1. The Hall–Kier alpha value is -3.13. The lowest BCUT2D eigenvalue weighted by atomic mass is 10.00. The van der Waals surface area contributed by atoms with Gasteiger partial charge in [0, 0.05) is 10.9 Å². The number of hydrogen-bond acceptors (Lipinski definition) is 2. The lowest BCUT2D eigenvalue weighted by Gasteiger charge is -2.04. The summed E-state index contributed by atoms with van der Waals surface area (Å²) in [7, 11) is 0. The molecule has 0 spiro atoms. The van der Waals surface area contributed by atoms with Gasteiger partial charge >= 0.3 is 0 Å². The number of rotatable bonds is 1. The van der Waals surface area contributed by atoms with Gasteiger partial charge in [-0.05, 0) is 51.9 Å². The topological polar surface area (TPSA) is 26.0 Å². The maximum atomic E-state index is 5.44. The van der Waals surface area contributed by atoms with Crippen LogP contribution in [0.2, 0.25) is 0 Å². The molecule has 1 aromatic heterocycles. The number of para-hydroxylation sites is 1. The minimum absolute atomic E-state index is 0.820. The fraction of sp³-hybridized carbons (Fsp3) is 0. The molecular weight excluding hydrogens is 282 g/mol. The van der Waals surface area contributed by atoms with E-state index in [-0.39, 0.29) is 0 Å². The van der Waals surface area contributed by atoms with Crippen LogP contribution in [0.4, 0.5) is 0 Å². The van der Waals surface area contributed by atoms with Crippen LogP contribution in [0.25, 0.3) is 43.8 Å². The Morgan fingerprint density at radius 3 is 2.17 bits per heavy atom. The molecule has 0 aliphatic rings. The standard InChI is InChI=1S/C21H13NO/c1-2-6-15-12-18-13-17(10-9-16(18)11-14(15)5-1)21-19-7-3-4-8-20(19)23-22-21/h1-13H. The van der Waals surface area contributed by atoms with E-state index in [0.717, 1.165) is 22.2 Å². The third-order valence-corrected chi connectivity index (χ3v) is 4.36. The molecule has 0 unspecified atom stereocenters. The van der Waals surface area contributed by atoms with Crippen LogP contribution in [0, 0.1) is 0 Å². The number of benzene rings is 4. The molecule has 2 nitrogen and oxygen atoms in total. The van der Waals surface area contributed by atoms with Crippen molar-refractivity contribution in [1.29, 1.82) is 0 Å². The Morgan fingerprint density at radius 1 is 0.609 bits per heavy atom. The molecule has 4 aromatic carbocycles.